The van der Waals surface area contributed by atoms with Gasteiger partial charge in [0.2, 0.25) is 11.3 Å². The number of aliphatic hydroxyl groups is 2. The molecule has 0 spiro atoms. The molecule has 2 heterocycles. The van der Waals surface area contributed by atoms with Gasteiger partial charge in [-0.3, -0.25) is 0 Å². The van der Waals surface area contributed by atoms with Gasteiger partial charge in [-0.25, -0.2) is 9.50 Å². The van der Waals surface area contributed by atoms with Crippen LogP contribution in [-0.4, -0.2) is 24.8 Å². The first-order valence-electron chi connectivity index (χ1n) is 3.35. The number of nitrogens with zero attached hydrogens (tertiary/aromatic N) is 3. The Kier molecular flexibility index (Phi) is 1.60. The molecule has 2 aromatic rings. The Hall–Kier alpha value is -0.980. The van der Waals surface area contributed by atoms with Crippen molar-refractivity contribution in [1.29, 1.82) is 0 Å². The maximum absolute atomic E-state index is 8.77. The SMILES string of the molecule is Cc1cn2nc(C(O)O)sc2n1. The Morgan fingerprint density at radius 3 is 2.92 bits per heavy atom. The lowest BCUT2D eigenvalue weighted by Crippen LogP contribution is -1.94. The van der Waals surface area contributed by atoms with Crippen molar-refractivity contribution in [2.24, 2.45) is 0 Å². The largest absolute Gasteiger partial charge is 0.362 e. The number of rotatable bonds is 1. The van der Waals surface area contributed by atoms with Crippen LogP contribution in [0.5, 0.6) is 0 Å². The van der Waals surface area contributed by atoms with E-state index in [2.05, 4.69) is 10.1 Å². The van der Waals surface area contributed by atoms with Crippen molar-refractivity contribution in [1.82, 2.24) is 14.6 Å². The molecule has 0 unspecified atom stereocenters. The Morgan fingerprint density at radius 1 is 1.58 bits per heavy atom. The monoisotopic (exact) mass is 185 g/mol. The molecule has 2 rings (SSSR count). The lowest BCUT2D eigenvalue weighted by molar-refractivity contribution is -0.0432. The van der Waals surface area contributed by atoms with E-state index in [9.17, 15) is 0 Å². The summed E-state index contributed by atoms with van der Waals surface area (Å²) in [5.74, 6) is 0. The third-order valence-electron chi connectivity index (χ3n) is 1.40. The smallest absolute Gasteiger partial charge is 0.212 e. The van der Waals surface area contributed by atoms with Crippen molar-refractivity contribution < 1.29 is 10.2 Å². The van der Waals surface area contributed by atoms with Gasteiger partial charge >= 0.3 is 0 Å². The van der Waals surface area contributed by atoms with Crippen molar-refractivity contribution in [3.8, 4) is 0 Å². The molecule has 0 aromatic carbocycles. The molecule has 0 saturated heterocycles. The van der Waals surface area contributed by atoms with Crippen LogP contribution in [0.25, 0.3) is 4.96 Å². The average molecular weight is 185 g/mol. The van der Waals surface area contributed by atoms with Crippen LogP contribution in [0.1, 0.15) is 17.0 Å². The normalized spacial score (nSPS) is 11.7. The summed E-state index contributed by atoms with van der Waals surface area (Å²) in [6.45, 7) is 1.86. The quantitative estimate of drug-likeness (QED) is 0.617. The Morgan fingerprint density at radius 2 is 2.33 bits per heavy atom. The standard InChI is InChI=1S/C6H7N3O2S/c1-3-2-9-6(7-3)12-4(8-9)5(10)11/h2,5,10-11H,1H3. The van der Waals surface area contributed by atoms with E-state index in [4.69, 9.17) is 10.2 Å². The molecular weight excluding hydrogens is 178 g/mol. The highest BCUT2D eigenvalue weighted by molar-refractivity contribution is 7.16. The van der Waals surface area contributed by atoms with Crippen molar-refractivity contribution in [2.45, 2.75) is 13.2 Å². The molecule has 12 heavy (non-hydrogen) atoms. The second kappa shape index (κ2) is 2.51. The third kappa shape index (κ3) is 1.09. The van der Waals surface area contributed by atoms with Gasteiger partial charge in [0.05, 0.1) is 11.9 Å². The Labute approximate surface area is 71.9 Å². The van der Waals surface area contributed by atoms with Crippen LogP contribution >= 0.6 is 11.3 Å². The topological polar surface area (TPSA) is 70.7 Å². The predicted molar refractivity (Wildman–Crippen MR) is 42.8 cm³/mol. The zero-order valence-electron chi connectivity index (χ0n) is 6.30. The molecule has 2 aromatic heterocycles. The van der Waals surface area contributed by atoms with Crippen LogP contribution < -0.4 is 0 Å². The van der Waals surface area contributed by atoms with E-state index in [1.54, 1.807) is 6.20 Å². The summed E-state index contributed by atoms with van der Waals surface area (Å²) in [5.41, 5.74) is 0.868. The number of hydrogen-bond acceptors (Lipinski definition) is 5. The Balaban J connectivity index is 2.57. The average Bonchev–Trinajstić information content (AvgIpc) is 2.42. The molecule has 64 valence electrons. The van der Waals surface area contributed by atoms with Crippen molar-refractivity contribution >= 4 is 16.3 Å². The fourth-order valence-corrected chi connectivity index (χ4v) is 1.73. The molecule has 0 radical (unpaired) electrons. The lowest BCUT2D eigenvalue weighted by atomic mass is 10.6. The first kappa shape index (κ1) is 7.66. The van der Waals surface area contributed by atoms with Gasteiger partial charge in [0.25, 0.3) is 0 Å². The number of hydrogen-bond donors (Lipinski definition) is 2. The molecule has 0 aliphatic heterocycles. The predicted octanol–water partition coefficient (Wildman–Crippen LogP) is 0.0824. The van der Waals surface area contributed by atoms with E-state index in [0.29, 0.717) is 4.96 Å². The maximum Gasteiger partial charge on any atom is 0.212 e. The lowest BCUT2D eigenvalue weighted by Gasteiger charge is -1.92. The van der Waals surface area contributed by atoms with Gasteiger partial charge < -0.3 is 10.2 Å². The van der Waals surface area contributed by atoms with E-state index in [0.717, 1.165) is 5.69 Å². The van der Waals surface area contributed by atoms with Crippen LogP contribution in [0.15, 0.2) is 6.20 Å². The summed E-state index contributed by atoms with van der Waals surface area (Å²) in [7, 11) is 0. The van der Waals surface area contributed by atoms with Crippen LogP contribution in [0, 0.1) is 6.92 Å². The van der Waals surface area contributed by atoms with Gasteiger partial charge in [0, 0.05) is 0 Å². The van der Waals surface area contributed by atoms with Gasteiger partial charge in [0.15, 0.2) is 5.01 Å². The molecule has 0 saturated carbocycles. The summed E-state index contributed by atoms with van der Waals surface area (Å²) < 4.78 is 1.54. The fourth-order valence-electron chi connectivity index (χ4n) is 0.929. The molecule has 0 atom stereocenters. The second-order valence-corrected chi connectivity index (χ2v) is 3.41. The van der Waals surface area contributed by atoms with Crippen LogP contribution in [0.2, 0.25) is 0 Å². The van der Waals surface area contributed by atoms with Gasteiger partial charge in [-0.05, 0) is 6.92 Å². The molecule has 0 amide bonds. The summed E-state index contributed by atoms with van der Waals surface area (Å²) >= 11 is 1.17. The van der Waals surface area contributed by atoms with Crippen LogP contribution in [0.3, 0.4) is 0 Å². The highest BCUT2D eigenvalue weighted by Crippen LogP contribution is 2.18. The number of aliphatic hydroxyl groups excluding tert-OH is 1. The maximum atomic E-state index is 8.77. The highest BCUT2D eigenvalue weighted by Gasteiger charge is 2.11. The number of aromatic nitrogens is 3. The minimum atomic E-state index is -1.50. The summed E-state index contributed by atoms with van der Waals surface area (Å²) in [6.07, 6.45) is 0.231. The zero-order chi connectivity index (χ0) is 8.72. The Bertz CT molecular complexity index is 374. The fraction of sp³-hybridized carbons (Fsp3) is 0.333. The molecule has 0 fully saturated rings. The summed E-state index contributed by atoms with van der Waals surface area (Å²) in [5, 5.41) is 21.7. The molecule has 6 heteroatoms. The van der Waals surface area contributed by atoms with Crippen LogP contribution in [0.4, 0.5) is 0 Å². The van der Waals surface area contributed by atoms with E-state index >= 15 is 0 Å². The summed E-state index contributed by atoms with van der Waals surface area (Å²) in [6, 6.07) is 0. The number of aryl methyl sites for hydroxylation is 1. The van der Waals surface area contributed by atoms with Gasteiger partial charge in [0.1, 0.15) is 0 Å². The third-order valence-corrected chi connectivity index (χ3v) is 2.36. The molecule has 5 nitrogen and oxygen atoms in total. The van der Waals surface area contributed by atoms with E-state index < -0.39 is 6.29 Å². The van der Waals surface area contributed by atoms with E-state index in [1.807, 2.05) is 6.92 Å². The molecule has 0 aliphatic rings. The number of imidazole rings is 1. The van der Waals surface area contributed by atoms with E-state index in [1.165, 1.54) is 15.9 Å². The highest BCUT2D eigenvalue weighted by atomic mass is 32.1. The first-order valence-corrected chi connectivity index (χ1v) is 4.17. The van der Waals surface area contributed by atoms with Gasteiger partial charge in [-0.2, -0.15) is 5.10 Å². The van der Waals surface area contributed by atoms with Crippen molar-refractivity contribution in [3.05, 3.63) is 16.9 Å². The van der Waals surface area contributed by atoms with E-state index in [-0.39, 0.29) is 5.01 Å². The molecule has 0 bridgehead atoms. The zero-order valence-corrected chi connectivity index (χ0v) is 7.12. The van der Waals surface area contributed by atoms with Gasteiger partial charge in [-0.15, -0.1) is 0 Å². The molecule has 0 aliphatic carbocycles. The number of fused-ring (bicyclic) bond motifs is 1. The minimum absolute atomic E-state index is 0.262. The second-order valence-electron chi connectivity index (χ2n) is 2.42. The molecular formula is C6H7N3O2S. The van der Waals surface area contributed by atoms with Crippen molar-refractivity contribution in [3.63, 3.8) is 0 Å². The van der Waals surface area contributed by atoms with Crippen LogP contribution in [-0.2, 0) is 0 Å². The van der Waals surface area contributed by atoms with Crippen molar-refractivity contribution in [2.75, 3.05) is 0 Å². The molecule has 2 N–H and O–H groups in total. The summed E-state index contributed by atoms with van der Waals surface area (Å²) in [4.78, 5) is 4.79. The minimum Gasteiger partial charge on any atom is -0.362 e. The first-order chi connectivity index (χ1) is 5.66. The van der Waals surface area contributed by atoms with Gasteiger partial charge in [-0.1, -0.05) is 11.3 Å².